The number of aryl methyl sites for hydroxylation is 20. The van der Waals surface area contributed by atoms with Gasteiger partial charge in [-0.3, -0.25) is 0 Å². The minimum absolute atomic E-state index is 0.972. The van der Waals surface area contributed by atoms with Gasteiger partial charge in [0.2, 0.25) is 28.5 Å². The van der Waals surface area contributed by atoms with E-state index >= 15 is 0 Å². The molecule has 660 valence electrons. The summed E-state index contributed by atoms with van der Waals surface area (Å²) in [7, 11) is 10.5. The van der Waals surface area contributed by atoms with E-state index in [2.05, 4.69) is 466 Å². The molecular weight excluding hydrogens is 1650 g/mol. The molecule has 25 aromatic rings. The summed E-state index contributed by atoms with van der Waals surface area (Å²) in [5.74, 6) is 0. The Labute approximate surface area is 786 Å². The highest BCUT2D eigenvalue weighted by molar-refractivity contribution is 6.23. The molecule has 0 saturated carbocycles. The van der Waals surface area contributed by atoms with E-state index in [1.165, 1.54) is 247 Å². The molecule has 0 aliphatic heterocycles. The molecule has 0 spiro atoms. The van der Waals surface area contributed by atoms with Crippen LogP contribution in [0.4, 0.5) is 0 Å². The maximum atomic E-state index is 6.62. The van der Waals surface area contributed by atoms with Crippen molar-refractivity contribution in [3.8, 4) is 56.3 Å². The molecular formula is C125H110N5O5+5. The van der Waals surface area contributed by atoms with Crippen molar-refractivity contribution in [2.75, 3.05) is 0 Å². The zero-order valence-corrected chi connectivity index (χ0v) is 80.6. The van der Waals surface area contributed by atoms with Crippen molar-refractivity contribution in [1.82, 2.24) is 0 Å². The zero-order valence-electron chi connectivity index (χ0n) is 80.6. The van der Waals surface area contributed by atoms with Crippen molar-refractivity contribution in [3.05, 3.63) is 387 Å². The van der Waals surface area contributed by atoms with Gasteiger partial charge in [-0.05, 0) is 240 Å². The van der Waals surface area contributed by atoms with Gasteiger partial charge in [0.25, 0.3) is 0 Å². The van der Waals surface area contributed by atoms with Gasteiger partial charge in [-0.1, -0.05) is 188 Å². The summed E-state index contributed by atoms with van der Waals surface area (Å²) in [6.45, 7) is 32.5. The third kappa shape index (κ3) is 14.7. The molecule has 10 heterocycles. The van der Waals surface area contributed by atoms with Crippen LogP contribution in [-0.4, -0.2) is 0 Å². The van der Waals surface area contributed by atoms with Crippen LogP contribution in [0.25, 0.3) is 220 Å². The number of rotatable bonds is 5. The minimum Gasteiger partial charge on any atom is -0.454 e. The Hall–Kier alpha value is -15.7. The van der Waals surface area contributed by atoms with Crippen LogP contribution in [0, 0.1) is 104 Å². The molecule has 0 aliphatic rings. The second-order valence-electron chi connectivity index (χ2n) is 37.7. The molecule has 0 atom stereocenters. The van der Waals surface area contributed by atoms with E-state index in [1.807, 2.05) is 0 Å². The average Bonchev–Trinajstić information content (AvgIpc) is 1.60. The fourth-order valence-corrected chi connectivity index (χ4v) is 21.4. The molecule has 0 saturated heterocycles. The largest absolute Gasteiger partial charge is 0.454 e. The van der Waals surface area contributed by atoms with Crippen LogP contribution in [0.15, 0.2) is 326 Å². The lowest BCUT2D eigenvalue weighted by atomic mass is 9.95. The summed E-state index contributed by atoms with van der Waals surface area (Å²) in [4.78, 5) is 0. The maximum Gasteiger partial charge on any atom is 0.216 e. The van der Waals surface area contributed by atoms with Gasteiger partial charge in [0, 0.05) is 140 Å². The molecule has 0 N–H and O–H groups in total. The van der Waals surface area contributed by atoms with Crippen LogP contribution >= 0.6 is 0 Å². The third-order valence-electron chi connectivity index (χ3n) is 28.3. The van der Waals surface area contributed by atoms with Gasteiger partial charge in [-0.25, -0.2) is 22.8 Å². The lowest BCUT2D eigenvalue weighted by Crippen LogP contribution is -2.31. The first kappa shape index (κ1) is 86.1. The molecule has 10 nitrogen and oxygen atoms in total. The predicted octanol–water partition coefficient (Wildman–Crippen LogP) is 30.8. The van der Waals surface area contributed by atoms with E-state index < -0.39 is 0 Å². The third-order valence-corrected chi connectivity index (χ3v) is 28.3. The Morgan fingerprint density at radius 2 is 0.452 bits per heavy atom. The first-order chi connectivity index (χ1) is 65.2. The number of hydrogen-bond acceptors (Lipinski definition) is 5. The van der Waals surface area contributed by atoms with E-state index in [0.717, 1.165) is 55.8 Å². The van der Waals surface area contributed by atoms with Gasteiger partial charge in [0.15, 0.2) is 31.0 Å². The lowest BCUT2D eigenvalue weighted by Gasteiger charge is -2.09. The predicted molar refractivity (Wildman–Crippen MR) is 560 cm³/mol. The van der Waals surface area contributed by atoms with E-state index in [4.69, 9.17) is 22.1 Å². The molecule has 0 fully saturated rings. The zero-order chi connectivity index (χ0) is 93.5. The Morgan fingerprint density at radius 3 is 0.822 bits per heavy atom. The molecule has 15 aromatic carbocycles. The summed E-state index contributed by atoms with van der Waals surface area (Å²) < 4.78 is 43.8. The standard InChI is InChI=1S/C26H24NO.3C25H22NO.C24H20NO/c1-15-13-22(27(5)14-18(15)4)24-17(3)12-16(2)23-21-11-10-19-8-6-7-9-20(19)25(21)28-26(23)24;1-15-9-12-21(26(4)14-15)23-17(3)13-16(2)22-20-11-10-18-7-5-6-8-19(18)24(20)27-25(22)23;1-15-9-11-21-20-12-10-18-7-5-6-8-19(18)24(20)27-25(21)23(15)22-13-16(2)17(3)14-26(22)4;1-15-11-12-26(4)21(13-15)23-17(3)14-16(2)22-20-10-9-18-7-5-6-8-19(18)24(20)27-25(22)23;1-15-14-16(2)22(20-10-6-7-13-25(20)3)24-21(15)19-12-11-17-8-4-5-9-18(17)23(19)26-24/h6-14H,1-5H3;3*5-14H,1-4H3;4-14H,1-3H3/q5*+1. The summed E-state index contributed by atoms with van der Waals surface area (Å²) >= 11 is 0. The molecule has 10 heteroatoms. The normalized spacial score (nSPS) is 11.7. The summed E-state index contributed by atoms with van der Waals surface area (Å²) in [5.41, 5.74) is 40.5. The average molecular weight is 1760 g/mol. The molecule has 0 aliphatic carbocycles. The summed E-state index contributed by atoms with van der Waals surface area (Å²) in [6.07, 6.45) is 10.8. The highest BCUT2D eigenvalue weighted by Crippen LogP contribution is 2.48. The maximum absolute atomic E-state index is 6.62. The fraction of sp³-hybridized carbons (Fsp3) is 0.160. The monoisotopic (exact) mass is 1760 g/mol. The second-order valence-corrected chi connectivity index (χ2v) is 37.7. The van der Waals surface area contributed by atoms with Crippen molar-refractivity contribution in [1.29, 1.82) is 0 Å². The first-order valence-corrected chi connectivity index (χ1v) is 46.8. The second kappa shape index (κ2) is 33.9. The number of nitrogens with zero attached hydrogens (tertiary/aromatic N) is 5. The van der Waals surface area contributed by atoms with E-state index in [0.29, 0.717) is 0 Å². The Bertz CT molecular complexity index is 9260. The first-order valence-electron chi connectivity index (χ1n) is 46.8. The molecule has 135 heavy (non-hydrogen) atoms. The van der Waals surface area contributed by atoms with Crippen molar-refractivity contribution in [2.24, 2.45) is 35.2 Å². The molecule has 25 rings (SSSR count). The van der Waals surface area contributed by atoms with Gasteiger partial charge in [-0.15, -0.1) is 0 Å². The summed E-state index contributed by atoms with van der Waals surface area (Å²) in [6, 6.07) is 97.2. The SMILES string of the molecule is Cc1cc(-c2c(C)cc(C)c3c2oc2c4ccccc4ccc23)[n+](C)cc1C.Cc1cc(-c2c(C)ccc3c2oc2c4ccccc4ccc32)[n+](C)cc1C.Cc1cc(C)c2c(oc3c4ccccc4ccc32)c1-c1cccc[n+]1C.Cc1cc[n+](C)c(-c2c(C)cc(C)c3c2oc2c4ccccc4ccc23)c1.Cc1ccc(-c2c(C)cc(C)c3c2oc2c4ccccc4ccc23)[n+](C)c1. The van der Waals surface area contributed by atoms with Crippen LogP contribution in [0.5, 0.6) is 0 Å². The fourth-order valence-electron chi connectivity index (χ4n) is 21.4. The molecule has 0 radical (unpaired) electrons. The lowest BCUT2D eigenvalue weighted by molar-refractivity contribution is -0.660. The van der Waals surface area contributed by atoms with Gasteiger partial charge in [-0.2, -0.15) is 0 Å². The number of pyridine rings is 5. The van der Waals surface area contributed by atoms with Crippen LogP contribution in [0.1, 0.15) is 83.5 Å². The number of hydrogen-bond donors (Lipinski definition) is 0. The van der Waals surface area contributed by atoms with Crippen LogP contribution in [-0.2, 0) is 35.2 Å². The smallest absolute Gasteiger partial charge is 0.216 e. The Morgan fingerprint density at radius 1 is 0.163 bits per heavy atom. The van der Waals surface area contributed by atoms with Gasteiger partial charge in [0.05, 0.1) is 27.8 Å². The topological polar surface area (TPSA) is 85.1 Å². The number of fused-ring (bicyclic) bond motifs is 25. The highest BCUT2D eigenvalue weighted by Gasteiger charge is 2.30. The number of benzene rings is 15. The quantitative estimate of drug-likeness (QED) is 0.160. The molecule has 10 aromatic heterocycles. The molecule has 0 amide bonds. The van der Waals surface area contributed by atoms with Gasteiger partial charge < -0.3 is 22.1 Å². The van der Waals surface area contributed by atoms with Gasteiger partial charge >= 0.3 is 0 Å². The van der Waals surface area contributed by atoms with Crippen LogP contribution in [0.3, 0.4) is 0 Å². The van der Waals surface area contributed by atoms with Crippen molar-refractivity contribution in [3.63, 3.8) is 0 Å². The summed E-state index contributed by atoms with van der Waals surface area (Å²) in [5, 5.41) is 23.9. The van der Waals surface area contributed by atoms with Crippen LogP contribution < -0.4 is 22.8 Å². The van der Waals surface area contributed by atoms with E-state index in [1.54, 1.807) is 0 Å². The van der Waals surface area contributed by atoms with Crippen molar-refractivity contribution in [2.45, 2.75) is 104 Å². The number of aromatic nitrogens is 5. The van der Waals surface area contributed by atoms with E-state index in [9.17, 15) is 0 Å². The minimum atomic E-state index is 0.972. The molecule has 0 unspecified atom stereocenters. The van der Waals surface area contributed by atoms with Crippen molar-refractivity contribution >= 4 is 164 Å². The van der Waals surface area contributed by atoms with Gasteiger partial charge in [0.1, 0.15) is 91.1 Å². The highest BCUT2D eigenvalue weighted by atomic mass is 16.3. The van der Waals surface area contributed by atoms with Crippen molar-refractivity contribution < 1.29 is 44.9 Å². The number of furan rings is 5. The van der Waals surface area contributed by atoms with Crippen LogP contribution in [0.2, 0.25) is 0 Å². The Kier molecular flexibility index (Phi) is 21.6. The molecule has 0 bridgehead atoms. The Balaban J connectivity index is 0.000000101. The van der Waals surface area contributed by atoms with E-state index in [-0.39, 0.29) is 0 Å².